The number of nitrogens with two attached hydrogens (primary N) is 1. The Bertz CT molecular complexity index is 824. The van der Waals surface area contributed by atoms with Gasteiger partial charge in [-0.2, -0.15) is 0 Å². The molecule has 4 heterocycles. The molecule has 13 heteroatoms. The lowest BCUT2D eigenvalue weighted by atomic mass is 10.1. The van der Waals surface area contributed by atoms with E-state index in [9.17, 15) is 19.5 Å². The lowest BCUT2D eigenvalue weighted by Gasteiger charge is -2.20. The van der Waals surface area contributed by atoms with Crippen LogP contribution in [0.2, 0.25) is 0 Å². The predicted octanol–water partition coefficient (Wildman–Crippen LogP) is -1.46. The van der Waals surface area contributed by atoms with Crippen molar-refractivity contribution in [2.24, 2.45) is 0 Å². The van der Waals surface area contributed by atoms with Gasteiger partial charge in [-0.15, -0.1) is 0 Å². The maximum atomic E-state index is 11.4. The fraction of sp³-hybridized carbons (Fsp3) is 0.545. The van der Waals surface area contributed by atoms with Gasteiger partial charge in [-0.25, -0.2) is 15.0 Å². The van der Waals surface area contributed by atoms with Crippen molar-refractivity contribution in [1.29, 1.82) is 0 Å². The van der Waals surface area contributed by atoms with Crippen molar-refractivity contribution in [2.45, 2.75) is 30.6 Å². The number of imidazole rings is 1. The van der Waals surface area contributed by atoms with Crippen LogP contribution >= 0.6 is 7.60 Å². The molecular weight excluding hydrogens is 345 g/mol. The predicted molar refractivity (Wildman–Crippen MR) is 76.3 cm³/mol. The summed E-state index contributed by atoms with van der Waals surface area (Å²) in [6.07, 6.45) is -0.680. The fourth-order valence-corrected chi connectivity index (χ4v) is 3.50. The standard InChI is InChI=1S/C11H14N5O7P/c12-8-5-9(14-2-13-8)16(3-15-5)10-7-6(4(1-17)21-10)22-11(23-7)24(18,19)20/h2-4,6-7,10-11,17H,1H2,(H2,12,13,14)(H2,18,19,20)/t4-,6-,7-,10-,11+/m1/s1. The Labute approximate surface area is 134 Å². The van der Waals surface area contributed by atoms with Crippen LogP contribution in [-0.2, 0) is 18.8 Å². The number of rotatable bonds is 3. The second kappa shape index (κ2) is 5.43. The highest BCUT2D eigenvalue weighted by Crippen LogP contribution is 2.51. The molecule has 24 heavy (non-hydrogen) atoms. The van der Waals surface area contributed by atoms with Crippen LogP contribution in [-0.4, -0.2) is 65.4 Å². The molecule has 2 aliphatic rings. The molecule has 5 atom stereocenters. The summed E-state index contributed by atoms with van der Waals surface area (Å²) in [6.45, 7) is -0.404. The van der Waals surface area contributed by atoms with Gasteiger partial charge >= 0.3 is 7.60 Å². The molecule has 2 aromatic rings. The van der Waals surface area contributed by atoms with Gasteiger partial charge in [0, 0.05) is 0 Å². The van der Waals surface area contributed by atoms with Gasteiger partial charge in [-0.1, -0.05) is 0 Å². The minimum Gasteiger partial charge on any atom is -0.394 e. The number of nitrogen functional groups attached to an aromatic ring is 1. The molecule has 5 N–H and O–H groups in total. The summed E-state index contributed by atoms with van der Waals surface area (Å²) in [5.41, 5.74) is 6.47. The van der Waals surface area contributed by atoms with Crippen molar-refractivity contribution in [3.63, 3.8) is 0 Å². The largest absolute Gasteiger partial charge is 0.394 e. The molecule has 0 aromatic carbocycles. The van der Waals surface area contributed by atoms with Gasteiger partial charge in [-0.3, -0.25) is 9.13 Å². The summed E-state index contributed by atoms with van der Waals surface area (Å²) >= 11 is 0. The lowest BCUT2D eigenvalue weighted by molar-refractivity contribution is -0.128. The van der Waals surface area contributed by atoms with Gasteiger partial charge < -0.3 is 34.8 Å². The van der Waals surface area contributed by atoms with E-state index >= 15 is 0 Å². The second-order valence-corrected chi connectivity index (χ2v) is 7.03. The van der Waals surface area contributed by atoms with Crippen LogP contribution in [0.25, 0.3) is 11.2 Å². The Balaban J connectivity index is 1.73. The SMILES string of the molecule is Nc1ncnc2c1ncn2[C@@H]1O[C@H](CO)[C@H]2O[C@H](P(=O)(O)O)O[C@H]21. The first-order valence-corrected chi connectivity index (χ1v) is 8.64. The molecule has 0 unspecified atom stereocenters. The zero-order chi connectivity index (χ0) is 17.1. The van der Waals surface area contributed by atoms with Crippen LogP contribution in [0, 0.1) is 0 Å². The first-order chi connectivity index (χ1) is 11.4. The zero-order valence-electron chi connectivity index (χ0n) is 12.0. The molecule has 130 valence electrons. The number of aliphatic hydroxyl groups is 1. The minimum absolute atomic E-state index is 0.184. The van der Waals surface area contributed by atoms with Crippen LogP contribution in [0.4, 0.5) is 5.82 Å². The number of hydrogen-bond donors (Lipinski definition) is 4. The molecule has 0 amide bonds. The summed E-state index contributed by atoms with van der Waals surface area (Å²) in [5, 5.41) is 9.45. The molecule has 2 saturated heterocycles. The van der Waals surface area contributed by atoms with E-state index in [2.05, 4.69) is 15.0 Å². The average Bonchev–Trinajstić information content (AvgIpc) is 3.18. The van der Waals surface area contributed by atoms with Crippen LogP contribution in [0.3, 0.4) is 0 Å². The van der Waals surface area contributed by atoms with Gasteiger partial charge in [0.25, 0.3) is 6.03 Å². The van der Waals surface area contributed by atoms with Crippen LogP contribution in [0.1, 0.15) is 6.23 Å². The Morgan fingerprint density at radius 2 is 1.96 bits per heavy atom. The van der Waals surface area contributed by atoms with E-state index in [0.717, 1.165) is 0 Å². The molecule has 4 rings (SSSR count). The maximum Gasteiger partial charge on any atom is 0.381 e. The van der Waals surface area contributed by atoms with Gasteiger partial charge in [0.2, 0.25) is 0 Å². The van der Waals surface area contributed by atoms with E-state index < -0.39 is 44.8 Å². The highest BCUT2D eigenvalue weighted by Gasteiger charge is 2.57. The van der Waals surface area contributed by atoms with Gasteiger partial charge in [-0.05, 0) is 0 Å². The topological polar surface area (TPSA) is 175 Å². The molecule has 12 nitrogen and oxygen atoms in total. The highest BCUT2D eigenvalue weighted by atomic mass is 31.2. The number of anilines is 1. The first-order valence-electron chi connectivity index (χ1n) is 6.95. The van der Waals surface area contributed by atoms with Crippen LogP contribution in [0.15, 0.2) is 12.7 Å². The van der Waals surface area contributed by atoms with E-state index in [1.54, 1.807) is 0 Å². The Kier molecular flexibility index (Phi) is 3.58. The van der Waals surface area contributed by atoms with Gasteiger partial charge in [0.1, 0.15) is 30.2 Å². The van der Waals surface area contributed by atoms with Crippen molar-refractivity contribution in [3.8, 4) is 0 Å². The van der Waals surface area contributed by atoms with E-state index in [4.69, 9.17) is 19.9 Å². The molecule has 2 fully saturated rings. The van der Waals surface area contributed by atoms with E-state index in [1.807, 2.05) is 0 Å². The summed E-state index contributed by atoms with van der Waals surface area (Å²) in [5.74, 6) is 0.184. The Morgan fingerprint density at radius 1 is 1.21 bits per heavy atom. The maximum absolute atomic E-state index is 11.4. The molecule has 2 aromatic heterocycles. The average molecular weight is 359 g/mol. The highest BCUT2D eigenvalue weighted by molar-refractivity contribution is 7.52. The second-order valence-electron chi connectivity index (χ2n) is 5.43. The molecule has 0 aliphatic carbocycles. The summed E-state index contributed by atoms with van der Waals surface area (Å²) < 4.78 is 29.2. The van der Waals surface area contributed by atoms with Crippen molar-refractivity contribution in [1.82, 2.24) is 19.5 Å². The third kappa shape index (κ3) is 2.31. The molecule has 0 radical (unpaired) electrons. The van der Waals surface area contributed by atoms with Gasteiger partial charge in [0.15, 0.2) is 17.7 Å². The van der Waals surface area contributed by atoms with Gasteiger partial charge in [0.05, 0.1) is 12.9 Å². The summed E-state index contributed by atoms with van der Waals surface area (Å²) in [4.78, 5) is 30.6. The number of nitrogens with zero attached hydrogens (tertiary/aromatic N) is 4. The molecule has 2 aliphatic heterocycles. The summed E-state index contributed by atoms with van der Waals surface area (Å²) in [6, 6.07) is -1.71. The van der Waals surface area contributed by atoms with E-state index in [0.29, 0.717) is 11.2 Å². The van der Waals surface area contributed by atoms with E-state index in [-0.39, 0.29) is 5.82 Å². The number of fused-ring (bicyclic) bond motifs is 2. The third-order valence-corrected chi connectivity index (χ3v) is 4.74. The smallest absolute Gasteiger partial charge is 0.381 e. The quantitative estimate of drug-likeness (QED) is 0.471. The molecular formula is C11H14N5O7P. The zero-order valence-corrected chi connectivity index (χ0v) is 12.9. The number of aromatic nitrogens is 4. The number of aliphatic hydroxyl groups excluding tert-OH is 1. The Hall–Kier alpha value is -1.66. The number of hydrogen-bond acceptors (Lipinski definition) is 9. The van der Waals surface area contributed by atoms with Crippen LogP contribution in [0.5, 0.6) is 0 Å². The van der Waals surface area contributed by atoms with Crippen molar-refractivity contribution >= 4 is 24.6 Å². The van der Waals surface area contributed by atoms with Crippen LogP contribution < -0.4 is 5.73 Å². The lowest BCUT2D eigenvalue weighted by Crippen LogP contribution is -2.30. The monoisotopic (exact) mass is 359 g/mol. The first kappa shape index (κ1) is 15.8. The molecule has 0 bridgehead atoms. The Morgan fingerprint density at radius 3 is 2.67 bits per heavy atom. The normalized spacial score (nSPS) is 33.2. The minimum atomic E-state index is -4.62. The third-order valence-electron chi connectivity index (χ3n) is 3.95. The van der Waals surface area contributed by atoms with Crippen molar-refractivity contribution in [2.75, 3.05) is 12.3 Å². The molecule has 0 saturated carbocycles. The summed E-state index contributed by atoms with van der Waals surface area (Å²) in [7, 11) is -4.62. The van der Waals surface area contributed by atoms with Crippen molar-refractivity contribution < 1.29 is 33.7 Å². The van der Waals surface area contributed by atoms with Crippen molar-refractivity contribution in [3.05, 3.63) is 12.7 Å². The number of ether oxygens (including phenoxy) is 3. The fourth-order valence-electron chi connectivity index (χ4n) is 2.90. The molecule has 0 spiro atoms. The van der Waals surface area contributed by atoms with E-state index in [1.165, 1.54) is 17.2 Å².